The summed E-state index contributed by atoms with van der Waals surface area (Å²) in [5.41, 5.74) is 2.82. The molecule has 0 saturated carbocycles. The average molecular weight is 351 g/mol. The number of aromatic nitrogens is 1. The van der Waals surface area contributed by atoms with Crippen LogP contribution in [0.1, 0.15) is 23.6 Å². The number of rotatable bonds is 7. The van der Waals surface area contributed by atoms with Gasteiger partial charge in [-0.25, -0.2) is 0 Å². The predicted molar refractivity (Wildman–Crippen MR) is 97.2 cm³/mol. The zero-order valence-electron chi connectivity index (χ0n) is 14.4. The number of amides is 2. The molecule has 134 valence electrons. The van der Waals surface area contributed by atoms with Crippen molar-refractivity contribution in [2.45, 2.75) is 25.4 Å². The van der Waals surface area contributed by atoms with Gasteiger partial charge in [-0.1, -0.05) is 18.2 Å². The monoisotopic (exact) mass is 351 g/mol. The molecule has 1 aliphatic rings. The number of carbonyl (C=O) groups excluding carboxylic acids is 2. The van der Waals surface area contributed by atoms with Crippen LogP contribution in [-0.2, 0) is 22.7 Å². The zero-order chi connectivity index (χ0) is 18.4. The number of carbonyl (C=O) groups is 2. The first-order chi connectivity index (χ1) is 12.7. The van der Waals surface area contributed by atoms with Crippen molar-refractivity contribution in [2.24, 2.45) is 0 Å². The van der Waals surface area contributed by atoms with Crippen LogP contribution < -0.4 is 16.0 Å². The molecule has 0 spiro atoms. The summed E-state index contributed by atoms with van der Waals surface area (Å²) < 4.78 is 1.80. The van der Waals surface area contributed by atoms with Gasteiger partial charge in [-0.2, -0.15) is 5.26 Å². The van der Waals surface area contributed by atoms with Crippen molar-refractivity contribution >= 4 is 17.5 Å². The van der Waals surface area contributed by atoms with Gasteiger partial charge in [0.2, 0.25) is 11.8 Å². The average Bonchev–Trinajstić information content (AvgIpc) is 3.07. The Balaban J connectivity index is 1.46. The standard InChI is InChI=1S/C19H21N5O2/c20-7-9-24-8-3-4-15(24)12-22-19(26)13-21-11-14-10-18(25)23-17-6-2-1-5-16(14)17/h1-6,8,14,21H,9-13H2,(H,22,26)(H,23,25)/t14-/m1/s1. The highest BCUT2D eigenvalue weighted by Crippen LogP contribution is 2.31. The van der Waals surface area contributed by atoms with Crippen molar-refractivity contribution in [3.63, 3.8) is 0 Å². The molecule has 26 heavy (non-hydrogen) atoms. The van der Waals surface area contributed by atoms with Crippen molar-refractivity contribution in [1.29, 1.82) is 5.26 Å². The van der Waals surface area contributed by atoms with Crippen LogP contribution in [0.4, 0.5) is 5.69 Å². The van der Waals surface area contributed by atoms with Crippen molar-refractivity contribution in [3.8, 4) is 6.07 Å². The Morgan fingerprint density at radius 1 is 1.31 bits per heavy atom. The summed E-state index contributed by atoms with van der Waals surface area (Å²) in [5, 5.41) is 17.6. The van der Waals surface area contributed by atoms with Gasteiger partial charge in [0.05, 0.1) is 19.2 Å². The summed E-state index contributed by atoms with van der Waals surface area (Å²) in [7, 11) is 0. The Labute approximate surface area is 152 Å². The van der Waals surface area contributed by atoms with Crippen molar-refractivity contribution in [1.82, 2.24) is 15.2 Å². The summed E-state index contributed by atoms with van der Waals surface area (Å²) in [5.74, 6) is -0.0675. The molecule has 1 aromatic carbocycles. The number of nitrogens with zero attached hydrogens (tertiary/aromatic N) is 2. The van der Waals surface area contributed by atoms with E-state index in [1.54, 1.807) is 4.57 Å². The number of hydrogen-bond acceptors (Lipinski definition) is 4. The number of anilines is 1. The quantitative estimate of drug-likeness (QED) is 0.701. The molecule has 7 nitrogen and oxygen atoms in total. The van der Waals surface area contributed by atoms with Crippen LogP contribution in [0.2, 0.25) is 0 Å². The Bertz CT molecular complexity index is 836. The molecule has 3 rings (SSSR count). The molecular weight excluding hydrogens is 330 g/mol. The third-order valence-corrected chi connectivity index (χ3v) is 4.41. The van der Waals surface area contributed by atoms with E-state index < -0.39 is 0 Å². The van der Waals surface area contributed by atoms with Crippen LogP contribution in [0.5, 0.6) is 0 Å². The number of nitriles is 1. The van der Waals surface area contributed by atoms with E-state index in [0.717, 1.165) is 16.9 Å². The molecule has 0 aliphatic carbocycles. The smallest absolute Gasteiger partial charge is 0.234 e. The minimum absolute atomic E-state index is 0.00166. The molecule has 0 bridgehead atoms. The number of hydrogen-bond donors (Lipinski definition) is 3. The first kappa shape index (κ1) is 17.7. The van der Waals surface area contributed by atoms with Crippen LogP contribution >= 0.6 is 0 Å². The summed E-state index contributed by atoms with van der Waals surface area (Å²) in [4.78, 5) is 23.8. The van der Waals surface area contributed by atoms with E-state index in [1.165, 1.54) is 0 Å². The Kier molecular flexibility index (Phi) is 5.66. The Hall–Kier alpha value is -3.11. The van der Waals surface area contributed by atoms with Gasteiger partial charge in [-0.3, -0.25) is 9.59 Å². The van der Waals surface area contributed by atoms with Crippen molar-refractivity contribution in [3.05, 3.63) is 53.9 Å². The molecule has 2 aromatic rings. The summed E-state index contributed by atoms with van der Waals surface area (Å²) in [6.07, 6.45) is 2.22. The Morgan fingerprint density at radius 3 is 3.00 bits per heavy atom. The first-order valence-electron chi connectivity index (χ1n) is 8.54. The highest BCUT2D eigenvalue weighted by atomic mass is 16.2. The SMILES string of the molecule is N#CCn1cccc1CNC(=O)CNC[C@H]1CC(=O)Nc2ccccc21. The second kappa shape index (κ2) is 8.32. The molecule has 0 fully saturated rings. The summed E-state index contributed by atoms with van der Waals surface area (Å²) in [6.45, 7) is 1.38. The highest BCUT2D eigenvalue weighted by Gasteiger charge is 2.24. The van der Waals surface area contributed by atoms with Crippen LogP contribution in [0.25, 0.3) is 0 Å². The van der Waals surface area contributed by atoms with E-state index in [1.807, 2.05) is 42.6 Å². The van der Waals surface area contributed by atoms with E-state index in [0.29, 0.717) is 19.5 Å². The maximum Gasteiger partial charge on any atom is 0.234 e. The van der Waals surface area contributed by atoms with E-state index in [-0.39, 0.29) is 30.8 Å². The van der Waals surface area contributed by atoms with Crippen LogP contribution in [0.15, 0.2) is 42.6 Å². The lowest BCUT2D eigenvalue weighted by molar-refractivity contribution is -0.120. The lowest BCUT2D eigenvalue weighted by Gasteiger charge is -2.25. The maximum atomic E-state index is 12.0. The third kappa shape index (κ3) is 4.29. The van der Waals surface area contributed by atoms with Crippen molar-refractivity contribution in [2.75, 3.05) is 18.4 Å². The fourth-order valence-electron chi connectivity index (χ4n) is 3.14. The van der Waals surface area contributed by atoms with E-state index >= 15 is 0 Å². The summed E-state index contributed by atoms with van der Waals surface area (Å²) in [6, 6.07) is 13.6. The van der Waals surface area contributed by atoms with E-state index in [4.69, 9.17) is 5.26 Å². The van der Waals surface area contributed by atoms with Gasteiger partial charge in [0.25, 0.3) is 0 Å². The molecular formula is C19H21N5O2. The molecule has 1 atom stereocenters. The molecule has 1 aromatic heterocycles. The second-order valence-corrected chi connectivity index (χ2v) is 6.23. The maximum absolute atomic E-state index is 12.0. The van der Waals surface area contributed by atoms with Gasteiger partial charge in [-0.15, -0.1) is 0 Å². The van der Waals surface area contributed by atoms with Crippen molar-refractivity contribution < 1.29 is 9.59 Å². The lowest BCUT2D eigenvalue weighted by atomic mass is 9.90. The molecule has 3 N–H and O–H groups in total. The minimum Gasteiger partial charge on any atom is -0.349 e. The largest absolute Gasteiger partial charge is 0.349 e. The van der Waals surface area contributed by atoms with Gasteiger partial charge < -0.3 is 20.5 Å². The van der Waals surface area contributed by atoms with Crippen LogP contribution in [-0.4, -0.2) is 29.5 Å². The number of nitrogens with one attached hydrogen (secondary N) is 3. The molecule has 0 radical (unpaired) electrons. The molecule has 0 saturated heterocycles. The fourth-order valence-corrected chi connectivity index (χ4v) is 3.14. The number of benzene rings is 1. The van der Waals surface area contributed by atoms with Crippen LogP contribution in [0, 0.1) is 11.3 Å². The van der Waals surface area contributed by atoms with Gasteiger partial charge in [0.1, 0.15) is 6.54 Å². The number of para-hydroxylation sites is 1. The lowest BCUT2D eigenvalue weighted by Crippen LogP contribution is -2.37. The fraction of sp³-hybridized carbons (Fsp3) is 0.316. The van der Waals surface area contributed by atoms with Gasteiger partial charge >= 0.3 is 0 Å². The topological polar surface area (TPSA) is 98.9 Å². The highest BCUT2D eigenvalue weighted by molar-refractivity contribution is 5.94. The molecule has 2 heterocycles. The molecule has 7 heteroatoms. The van der Waals surface area contributed by atoms with E-state index in [9.17, 15) is 9.59 Å². The van der Waals surface area contributed by atoms with Gasteiger partial charge in [0.15, 0.2) is 0 Å². The Morgan fingerprint density at radius 2 is 2.15 bits per heavy atom. The van der Waals surface area contributed by atoms with E-state index in [2.05, 4.69) is 22.0 Å². The van der Waals surface area contributed by atoms with Crippen LogP contribution in [0.3, 0.4) is 0 Å². The molecule has 2 amide bonds. The van der Waals surface area contributed by atoms with Gasteiger partial charge in [-0.05, 0) is 23.8 Å². The predicted octanol–water partition coefficient (Wildman–Crippen LogP) is 1.34. The second-order valence-electron chi connectivity index (χ2n) is 6.23. The molecule has 0 unspecified atom stereocenters. The molecule has 1 aliphatic heterocycles. The minimum atomic E-state index is -0.122. The third-order valence-electron chi connectivity index (χ3n) is 4.41. The zero-order valence-corrected chi connectivity index (χ0v) is 14.4. The normalized spacial score (nSPS) is 15.7. The summed E-state index contributed by atoms with van der Waals surface area (Å²) >= 11 is 0. The first-order valence-corrected chi connectivity index (χ1v) is 8.54. The number of fused-ring (bicyclic) bond motifs is 1. The van der Waals surface area contributed by atoms with Gasteiger partial charge in [0, 0.05) is 36.5 Å².